The molecule has 0 amide bonds. The zero-order chi connectivity index (χ0) is 42.8. The first kappa shape index (κ1) is 56.5. The van der Waals surface area contributed by atoms with Crippen molar-refractivity contribution in [3.63, 3.8) is 0 Å². The van der Waals surface area contributed by atoms with E-state index in [2.05, 4.69) is 38.2 Å². The van der Waals surface area contributed by atoms with E-state index in [-0.39, 0.29) is 32.0 Å². The van der Waals surface area contributed by atoms with Crippen molar-refractivity contribution in [1.82, 2.24) is 0 Å². The maximum atomic E-state index is 12.7. The summed E-state index contributed by atoms with van der Waals surface area (Å²) in [6.45, 7) is 4.41. The van der Waals surface area contributed by atoms with Crippen LogP contribution < -0.4 is 0 Å². The molecule has 0 aromatic heterocycles. The molecule has 342 valence electrons. The van der Waals surface area contributed by atoms with Crippen molar-refractivity contribution >= 4 is 19.8 Å². The first-order valence-electron chi connectivity index (χ1n) is 24.1. The first-order valence-corrected chi connectivity index (χ1v) is 25.6. The quantitative estimate of drug-likeness (QED) is 0.0212. The summed E-state index contributed by atoms with van der Waals surface area (Å²) in [6, 6.07) is 0. The van der Waals surface area contributed by atoms with Crippen molar-refractivity contribution in [3.8, 4) is 0 Å². The van der Waals surface area contributed by atoms with Crippen LogP contribution in [0.15, 0.2) is 24.3 Å². The number of hydrogen-bond donors (Lipinski definition) is 1. The minimum Gasteiger partial charge on any atom is -0.462 e. The molecule has 0 aliphatic heterocycles. The number of allylic oxidation sites excluding steroid dienone is 4. The van der Waals surface area contributed by atoms with Crippen molar-refractivity contribution in [1.29, 1.82) is 0 Å². The fourth-order valence-corrected chi connectivity index (χ4v) is 7.39. The minimum absolute atomic E-state index is 0.0318. The number of rotatable bonds is 44. The lowest BCUT2D eigenvalue weighted by Crippen LogP contribution is -2.37. The molecule has 0 aliphatic carbocycles. The van der Waals surface area contributed by atoms with Gasteiger partial charge in [-0.15, -0.1) is 0 Å². The lowest BCUT2D eigenvalue weighted by atomic mass is 10.0. The summed E-state index contributed by atoms with van der Waals surface area (Å²) in [7, 11) is 1.48. The van der Waals surface area contributed by atoms with Gasteiger partial charge in [-0.2, -0.15) is 0 Å². The van der Waals surface area contributed by atoms with Crippen molar-refractivity contribution < 1.29 is 42.1 Å². The summed E-state index contributed by atoms with van der Waals surface area (Å²) in [6.07, 6.45) is 45.1. The van der Waals surface area contributed by atoms with Gasteiger partial charge in [0.05, 0.1) is 27.7 Å². The Morgan fingerprint density at radius 3 is 1.29 bits per heavy atom. The van der Waals surface area contributed by atoms with Crippen LogP contribution in [-0.4, -0.2) is 74.9 Å². The lowest BCUT2D eigenvalue weighted by molar-refractivity contribution is -0.870. The van der Waals surface area contributed by atoms with E-state index in [9.17, 15) is 19.0 Å². The van der Waals surface area contributed by atoms with Gasteiger partial charge in [0.2, 0.25) is 0 Å². The molecule has 0 heterocycles. The molecule has 0 fully saturated rings. The molecule has 1 unspecified atom stereocenters. The van der Waals surface area contributed by atoms with Gasteiger partial charge in [-0.1, -0.05) is 167 Å². The topological polar surface area (TPSA) is 108 Å². The maximum absolute atomic E-state index is 12.7. The smallest absolute Gasteiger partial charge is 0.462 e. The molecular formula is C48H93NO8P+. The number of nitrogens with zero attached hydrogens (tertiary/aromatic N) is 1. The Hall–Kier alpha value is -1.51. The number of unbranched alkanes of at least 4 members (excludes halogenated alkanes) is 26. The number of quaternary nitrogens is 1. The van der Waals surface area contributed by atoms with E-state index in [4.69, 9.17) is 18.5 Å². The summed E-state index contributed by atoms with van der Waals surface area (Å²) in [5, 5.41) is 0. The predicted octanol–water partition coefficient (Wildman–Crippen LogP) is 13.9. The molecule has 0 spiro atoms. The second kappa shape index (κ2) is 40.9. The Bertz CT molecular complexity index is 1040. The third kappa shape index (κ3) is 44.1. The molecule has 58 heavy (non-hydrogen) atoms. The van der Waals surface area contributed by atoms with E-state index in [1.807, 2.05) is 21.1 Å². The number of hydrogen-bond acceptors (Lipinski definition) is 7. The molecule has 0 saturated heterocycles. The Morgan fingerprint density at radius 1 is 0.517 bits per heavy atom. The molecule has 0 aliphatic rings. The van der Waals surface area contributed by atoms with Crippen LogP contribution in [0.4, 0.5) is 0 Å². The van der Waals surface area contributed by atoms with Gasteiger partial charge in [0.1, 0.15) is 19.8 Å². The van der Waals surface area contributed by atoms with Crippen LogP contribution in [0.3, 0.4) is 0 Å². The molecular weight excluding hydrogens is 750 g/mol. The largest absolute Gasteiger partial charge is 0.472 e. The fourth-order valence-electron chi connectivity index (χ4n) is 6.65. The van der Waals surface area contributed by atoms with Crippen LogP contribution in [0.1, 0.15) is 219 Å². The third-order valence-corrected chi connectivity index (χ3v) is 11.4. The van der Waals surface area contributed by atoms with E-state index in [1.54, 1.807) is 0 Å². The van der Waals surface area contributed by atoms with E-state index < -0.39 is 26.5 Å². The van der Waals surface area contributed by atoms with Gasteiger partial charge in [0.25, 0.3) is 0 Å². The number of carbonyl (C=O) groups is 2. The van der Waals surface area contributed by atoms with Crippen LogP contribution >= 0.6 is 7.82 Å². The normalized spacial score (nSPS) is 13.7. The molecule has 0 bridgehead atoms. The molecule has 0 aromatic rings. The van der Waals surface area contributed by atoms with Gasteiger partial charge in [-0.25, -0.2) is 4.57 Å². The van der Waals surface area contributed by atoms with Crippen molar-refractivity contribution in [2.75, 3.05) is 47.5 Å². The zero-order valence-corrected chi connectivity index (χ0v) is 39.4. The number of phosphoric ester groups is 1. The SMILES string of the molecule is CCCCCC/C=C/CCCCCCCC(=O)OC[C@H](COP(=O)(O)OCC[N+](C)(C)C)OC(=O)CCCCCCCCCCCCC/C=C/CCCCCCCC. The highest BCUT2D eigenvalue weighted by molar-refractivity contribution is 7.47. The Morgan fingerprint density at radius 2 is 0.879 bits per heavy atom. The van der Waals surface area contributed by atoms with Gasteiger partial charge in [-0.3, -0.25) is 18.6 Å². The van der Waals surface area contributed by atoms with E-state index >= 15 is 0 Å². The highest BCUT2D eigenvalue weighted by Gasteiger charge is 2.27. The van der Waals surface area contributed by atoms with E-state index in [0.717, 1.165) is 51.4 Å². The average molecular weight is 843 g/mol. The molecule has 0 radical (unpaired) electrons. The second-order valence-electron chi connectivity index (χ2n) is 17.5. The lowest BCUT2D eigenvalue weighted by Gasteiger charge is -2.24. The zero-order valence-electron chi connectivity index (χ0n) is 38.5. The maximum Gasteiger partial charge on any atom is 0.472 e. The van der Waals surface area contributed by atoms with Crippen LogP contribution in [0, 0.1) is 0 Å². The molecule has 9 nitrogen and oxygen atoms in total. The molecule has 0 saturated carbocycles. The summed E-state index contributed by atoms with van der Waals surface area (Å²) < 4.78 is 34.4. The second-order valence-corrected chi connectivity index (χ2v) is 18.9. The summed E-state index contributed by atoms with van der Waals surface area (Å²) in [4.78, 5) is 35.4. The summed E-state index contributed by atoms with van der Waals surface area (Å²) in [5.41, 5.74) is 0. The van der Waals surface area contributed by atoms with Gasteiger partial charge in [0, 0.05) is 12.8 Å². The van der Waals surface area contributed by atoms with E-state index in [1.165, 1.54) is 135 Å². The number of esters is 2. The Labute approximate surface area is 358 Å². The molecule has 2 atom stereocenters. The van der Waals surface area contributed by atoms with Gasteiger partial charge in [0.15, 0.2) is 6.10 Å². The van der Waals surface area contributed by atoms with Crippen LogP contribution in [0.5, 0.6) is 0 Å². The van der Waals surface area contributed by atoms with Gasteiger partial charge in [-0.05, 0) is 64.2 Å². The Balaban J connectivity index is 4.25. The molecule has 0 rings (SSSR count). The highest BCUT2D eigenvalue weighted by atomic mass is 31.2. The molecule has 10 heteroatoms. The van der Waals surface area contributed by atoms with Crippen LogP contribution in [0.2, 0.25) is 0 Å². The predicted molar refractivity (Wildman–Crippen MR) is 243 cm³/mol. The van der Waals surface area contributed by atoms with Crippen molar-refractivity contribution in [2.45, 2.75) is 225 Å². The number of ether oxygens (including phenoxy) is 2. The van der Waals surface area contributed by atoms with Crippen LogP contribution in [0.25, 0.3) is 0 Å². The molecule has 1 N–H and O–H groups in total. The number of phosphoric acid groups is 1. The van der Waals surface area contributed by atoms with Crippen molar-refractivity contribution in [2.24, 2.45) is 0 Å². The Kier molecular flexibility index (Phi) is 39.8. The standard InChI is InChI=1S/C48H92NO8P/c1-6-8-10-12-14-16-18-20-21-22-23-24-25-26-27-29-31-33-35-37-39-41-48(51)57-46(45-56-58(52,53)55-43-42-49(3,4)5)44-54-47(50)40-38-36-34-32-30-28-19-17-15-13-11-9-7-2/h17,19-21,46H,6-16,18,22-45H2,1-5H3/p+1/b19-17+,21-20+/t46-/m1/s1. The van der Waals surface area contributed by atoms with Gasteiger partial charge >= 0.3 is 19.8 Å². The number of likely N-dealkylation sites (N-methyl/N-ethyl adjacent to an activating group) is 1. The highest BCUT2D eigenvalue weighted by Crippen LogP contribution is 2.43. The minimum atomic E-state index is -4.37. The average Bonchev–Trinajstić information content (AvgIpc) is 3.17. The third-order valence-electron chi connectivity index (χ3n) is 10.5. The number of carbonyl (C=O) groups excluding carboxylic acids is 2. The summed E-state index contributed by atoms with van der Waals surface area (Å²) in [5.74, 6) is -0.803. The fraction of sp³-hybridized carbons (Fsp3) is 0.875. The van der Waals surface area contributed by atoms with Crippen molar-refractivity contribution in [3.05, 3.63) is 24.3 Å². The van der Waals surface area contributed by atoms with Crippen LogP contribution in [-0.2, 0) is 32.7 Å². The summed E-state index contributed by atoms with van der Waals surface area (Å²) >= 11 is 0. The van der Waals surface area contributed by atoms with E-state index in [0.29, 0.717) is 17.4 Å². The first-order chi connectivity index (χ1) is 28.0. The monoisotopic (exact) mass is 843 g/mol. The molecule has 0 aromatic carbocycles. The van der Waals surface area contributed by atoms with Gasteiger partial charge < -0.3 is 18.9 Å².